The minimum Gasteiger partial charge on any atom is -0.508 e. The lowest BCUT2D eigenvalue weighted by Gasteiger charge is -2.23. The Balaban J connectivity index is 2.17. The first-order valence-electron chi connectivity index (χ1n) is 7.58. The first-order chi connectivity index (χ1) is 10.0. The van der Waals surface area contributed by atoms with Crippen LogP contribution in [0.3, 0.4) is 0 Å². The lowest BCUT2D eigenvalue weighted by molar-refractivity contribution is -0.127. The molecule has 21 heavy (non-hydrogen) atoms. The van der Waals surface area contributed by atoms with Gasteiger partial charge in [0.2, 0.25) is 5.91 Å². The number of nitrogens with one attached hydrogen (secondary N) is 1. The van der Waals surface area contributed by atoms with Gasteiger partial charge in [-0.15, -0.1) is 0 Å². The summed E-state index contributed by atoms with van der Waals surface area (Å²) in [6, 6.07) is 5.81. The molecule has 5 nitrogen and oxygen atoms in total. The van der Waals surface area contributed by atoms with E-state index in [1.165, 1.54) is 0 Å². The first-order valence-corrected chi connectivity index (χ1v) is 7.58. The van der Waals surface area contributed by atoms with Gasteiger partial charge in [-0.2, -0.15) is 0 Å². The third-order valence-corrected chi connectivity index (χ3v) is 4.03. The number of phenolic OH excluding ortho intramolecular Hbond substituents is 1. The normalized spacial score (nSPS) is 17.8. The molecule has 1 aliphatic heterocycles. The molecule has 1 atom stereocenters. The Bertz CT molecular complexity index is 504. The summed E-state index contributed by atoms with van der Waals surface area (Å²) in [5.41, 5.74) is 1.79. The maximum Gasteiger partial charge on any atom is 0.241 e. The number of phenols is 1. The molecule has 116 valence electrons. The number of hydrogen-bond acceptors (Lipinski definition) is 4. The second-order valence-electron chi connectivity index (χ2n) is 5.61. The van der Waals surface area contributed by atoms with Gasteiger partial charge in [0.05, 0.1) is 6.54 Å². The van der Waals surface area contributed by atoms with Crippen molar-refractivity contribution in [3.05, 3.63) is 23.8 Å². The van der Waals surface area contributed by atoms with Crippen molar-refractivity contribution in [2.24, 2.45) is 0 Å². The number of aromatic hydroxyl groups is 1. The molecule has 1 heterocycles. The molecule has 1 unspecified atom stereocenters. The average Bonchev–Trinajstić information content (AvgIpc) is 2.61. The molecule has 5 heteroatoms. The Labute approximate surface area is 126 Å². The van der Waals surface area contributed by atoms with Crippen molar-refractivity contribution < 1.29 is 9.90 Å². The summed E-state index contributed by atoms with van der Waals surface area (Å²) in [6.07, 6.45) is 0.943. The zero-order valence-electron chi connectivity index (χ0n) is 13.1. The second-order valence-corrected chi connectivity index (χ2v) is 5.61. The highest BCUT2D eigenvalue weighted by atomic mass is 16.3. The first kappa shape index (κ1) is 15.6. The van der Waals surface area contributed by atoms with E-state index >= 15 is 0 Å². The van der Waals surface area contributed by atoms with Crippen LogP contribution in [-0.2, 0) is 4.79 Å². The van der Waals surface area contributed by atoms with E-state index in [-0.39, 0.29) is 17.7 Å². The maximum atomic E-state index is 12.0. The zero-order valence-corrected chi connectivity index (χ0v) is 13.1. The molecule has 0 aromatic heterocycles. The number of amides is 1. The number of anilines is 1. The van der Waals surface area contributed by atoms with Crippen LogP contribution in [0.25, 0.3) is 0 Å². The molecule has 1 fully saturated rings. The van der Waals surface area contributed by atoms with Crippen molar-refractivity contribution >= 4 is 11.6 Å². The Hall–Kier alpha value is -1.75. The molecule has 0 aliphatic carbocycles. The van der Waals surface area contributed by atoms with Crippen molar-refractivity contribution in [1.82, 2.24) is 10.2 Å². The average molecular weight is 291 g/mol. The molecular formula is C16H25N3O2. The predicted octanol–water partition coefficient (Wildman–Crippen LogP) is 1.73. The van der Waals surface area contributed by atoms with Gasteiger partial charge in [0.1, 0.15) is 5.75 Å². The number of hydrogen-bond donors (Lipinski definition) is 2. The lowest BCUT2D eigenvalue weighted by atomic mass is 10.1. The van der Waals surface area contributed by atoms with Gasteiger partial charge in [0.25, 0.3) is 0 Å². The van der Waals surface area contributed by atoms with E-state index in [1.54, 1.807) is 11.0 Å². The van der Waals surface area contributed by atoms with E-state index in [1.807, 2.05) is 37.9 Å². The van der Waals surface area contributed by atoms with Crippen LogP contribution in [0.2, 0.25) is 0 Å². The van der Waals surface area contributed by atoms with Crippen LogP contribution in [0.1, 0.15) is 31.9 Å². The summed E-state index contributed by atoms with van der Waals surface area (Å²) in [7, 11) is 1.84. The molecule has 1 aromatic carbocycles. The fourth-order valence-electron chi connectivity index (χ4n) is 2.72. The van der Waals surface area contributed by atoms with Crippen molar-refractivity contribution in [1.29, 1.82) is 0 Å². The van der Waals surface area contributed by atoms with Crippen LogP contribution in [0, 0.1) is 0 Å². The van der Waals surface area contributed by atoms with Crippen molar-refractivity contribution in [3.63, 3.8) is 0 Å². The van der Waals surface area contributed by atoms with Gasteiger partial charge in [-0.3, -0.25) is 4.79 Å². The van der Waals surface area contributed by atoms with Gasteiger partial charge in [-0.25, -0.2) is 0 Å². The minimum atomic E-state index is 0.112. The molecule has 2 N–H and O–H groups in total. The molecular weight excluding hydrogens is 266 g/mol. The number of rotatable bonds is 4. The minimum absolute atomic E-state index is 0.112. The third kappa shape index (κ3) is 3.67. The van der Waals surface area contributed by atoms with Crippen molar-refractivity contribution in [2.75, 3.05) is 38.1 Å². The Kier molecular flexibility index (Phi) is 5.07. The van der Waals surface area contributed by atoms with Crippen LogP contribution in [-0.4, -0.2) is 49.1 Å². The number of likely N-dealkylation sites (N-methyl/N-ethyl adjacent to an activating group) is 1. The molecule has 1 aliphatic rings. The fraction of sp³-hybridized carbons (Fsp3) is 0.562. The second kappa shape index (κ2) is 6.80. The smallest absolute Gasteiger partial charge is 0.241 e. The largest absolute Gasteiger partial charge is 0.508 e. The maximum absolute atomic E-state index is 12.0. The van der Waals surface area contributed by atoms with E-state index in [0.29, 0.717) is 6.54 Å². The lowest BCUT2D eigenvalue weighted by Crippen LogP contribution is -2.34. The van der Waals surface area contributed by atoms with Gasteiger partial charge in [0, 0.05) is 43.5 Å². The Morgan fingerprint density at radius 3 is 2.81 bits per heavy atom. The van der Waals surface area contributed by atoms with Crippen molar-refractivity contribution in [2.45, 2.75) is 26.3 Å². The van der Waals surface area contributed by atoms with Gasteiger partial charge in [-0.05, 0) is 26.0 Å². The summed E-state index contributed by atoms with van der Waals surface area (Å²) in [4.78, 5) is 15.8. The molecule has 0 spiro atoms. The van der Waals surface area contributed by atoms with Gasteiger partial charge >= 0.3 is 0 Å². The molecule has 1 amide bonds. The van der Waals surface area contributed by atoms with Crippen LogP contribution in [0.4, 0.5) is 5.69 Å². The fourth-order valence-corrected chi connectivity index (χ4v) is 2.72. The number of benzene rings is 1. The van der Waals surface area contributed by atoms with E-state index in [4.69, 9.17) is 0 Å². The molecule has 1 saturated heterocycles. The van der Waals surface area contributed by atoms with E-state index in [0.717, 1.165) is 37.3 Å². The third-order valence-electron chi connectivity index (χ3n) is 4.03. The summed E-state index contributed by atoms with van der Waals surface area (Å²) in [5, 5.41) is 13.5. The van der Waals surface area contributed by atoms with Gasteiger partial charge in [-0.1, -0.05) is 13.0 Å². The number of carbonyl (C=O) groups excluding carboxylic acids is 1. The number of nitrogens with zero attached hydrogens (tertiary/aromatic N) is 2. The number of carbonyl (C=O) groups is 1. The zero-order chi connectivity index (χ0) is 15.4. The molecule has 0 saturated carbocycles. The molecule has 0 radical (unpaired) electrons. The topological polar surface area (TPSA) is 55.8 Å². The highest BCUT2D eigenvalue weighted by Crippen LogP contribution is 2.29. The van der Waals surface area contributed by atoms with Crippen molar-refractivity contribution in [3.8, 4) is 5.75 Å². The standard InChI is InChI=1S/C16H25N3O2/c1-4-17-12(2)14-7-6-13(10-15(14)20)19-9-5-8-18(3)16(21)11-19/h6-7,10,12,17,20H,4-5,8-9,11H2,1-3H3. The van der Waals surface area contributed by atoms with E-state index in [9.17, 15) is 9.90 Å². The highest BCUT2D eigenvalue weighted by Gasteiger charge is 2.20. The summed E-state index contributed by atoms with van der Waals surface area (Å²) < 4.78 is 0. The van der Waals surface area contributed by atoms with E-state index < -0.39 is 0 Å². The molecule has 0 bridgehead atoms. The van der Waals surface area contributed by atoms with Gasteiger partial charge < -0.3 is 20.2 Å². The quantitative estimate of drug-likeness (QED) is 0.887. The molecule has 2 rings (SSSR count). The highest BCUT2D eigenvalue weighted by molar-refractivity contribution is 5.81. The molecule has 1 aromatic rings. The van der Waals surface area contributed by atoms with Gasteiger partial charge in [0.15, 0.2) is 0 Å². The monoisotopic (exact) mass is 291 g/mol. The van der Waals surface area contributed by atoms with E-state index in [2.05, 4.69) is 5.32 Å². The van der Waals surface area contributed by atoms with Crippen LogP contribution >= 0.6 is 0 Å². The Morgan fingerprint density at radius 1 is 1.38 bits per heavy atom. The van der Waals surface area contributed by atoms with Crippen LogP contribution in [0.5, 0.6) is 5.75 Å². The Morgan fingerprint density at radius 2 is 2.14 bits per heavy atom. The summed E-state index contributed by atoms with van der Waals surface area (Å²) >= 11 is 0. The van der Waals surface area contributed by atoms with Crippen LogP contribution < -0.4 is 10.2 Å². The summed E-state index contributed by atoms with van der Waals surface area (Å²) in [5.74, 6) is 0.406. The SMILES string of the molecule is CCNC(C)c1ccc(N2CCCN(C)C(=O)C2)cc1O. The summed E-state index contributed by atoms with van der Waals surface area (Å²) in [6.45, 7) is 6.92. The van der Waals surface area contributed by atoms with Crippen LogP contribution in [0.15, 0.2) is 18.2 Å². The predicted molar refractivity (Wildman–Crippen MR) is 84.7 cm³/mol.